The Hall–Kier alpha value is -1.49. The molecule has 3 rings (SSSR count). The van der Waals surface area contributed by atoms with Gasteiger partial charge in [-0.3, -0.25) is 9.67 Å². The summed E-state index contributed by atoms with van der Waals surface area (Å²) >= 11 is 13.9. The number of aryl methyl sites for hydroxylation is 2. The van der Waals surface area contributed by atoms with Gasteiger partial charge in [0.1, 0.15) is 5.03 Å². The van der Waals surface area contributed by atoms with Gasteiger partial charge in [-0.25, -0.2) is 0 Å². The minimum Gasteiger partial charge on any atom is -0.264 e. The number of hydrogen-bond donors (Lipinski definition) is 0. The minimum atomic E-state index is 0.637. The van der Waals surface area contributed by atoms with E-state index in [9.17, 15) is 0 Å². The van der Waals surface area contributed by atoms with Crippen LogP contribution in [0.2, 0.25) is 10.0 Å². The van der Waals surface area contributed by atoms with Gasteiger partial charge >= 0.3 is 0 Å². The summed E-state index contributed by atoms with van der Waals surface area (Å²) in [7, 11) is 0. The third kappa shape index (κ3) is 3.94. The Morgan fingerprint density at radius 2 is 1.92 bits per heavy atom. The molecule has 0 bridgehead atoms. The number of rotatable bonds is 5. The van der Waals surface area contributed by atoms with E-state index < -0.39 is 0 Å². The van der Waals surface area contributed by atoms with Crippen LogP contribution in [-0.4, -0.2) is 14.8 Å². The van der Waals surface area contributed by atoms with Crippen LogP contribution in [0.25, 0.3) is 0 Å². The Morgan fingerprint density at radius 1 is 1.17 bits per heavy atom. The molecule has 0 N–H and O–H groups in total. The lowest BCUT2D eigenvalue weighted by Crippen LogP contribution is -1.99. The van der Waals surface area contributed by atoms with Gasteiger partial charge in [0.15, 0.2) is 0 Å². The molecule has 6 heteroatoms. The fraction of sp³-hybridized carbons (Fsp3) is 0.222. The lowest BCUT2D eigenvalue weighted by atomic mass is 10.1. The quantitative estimate of drug-likeness (QED) is 0.574. The van der Waals surface area contributed by atoms with Crippen molar-refractivity contribution in [2.45, 2.75) is 36.7 Å². The first-order valence-corrected chi connectivity index (χ1v) is 9.23. The van der Waals surface area contributed by atoms with E-state index in [4.69, 9.17) is 23.2 Å². The van der Waals surface area contributed by atoms with Crippen molar-refractivity contribution >= 4 is 35.0 Å². The molecule has 2 aromatic heterocycles. The molecular formula is C18H17Cl2N3S. The topological polar surface area (TPSA) is 30.7 Å². The Morgan fingerprint density at radius 3 is 2.54 bits per heavy atom. The monoisotopic (exact) mass is 377 g/mol. The zero-order chi connectivity index (χ0) is 17.1. The third-order valence-electron chi connectivity index (χ3n) is 3.65. The van der Waals surface area contributed by atoms with Gasteiger partial charge in [0, 0.05) is 45.9 Å². The Bertz CT molecular complexity index is 827. The molecule has 0 saturated heterocycles. The summed E-state index contributed by atoms with van der Waals surface area (Å²) in [5.41, 5.74) is 3.42. The van der Waals surface area contributed by atoms with Crippen LogP contribution < -0.4 is 0 Å². The first kappa shape index (κ1) is 17.3. The average molecular weight is 378 g/mol. The first-order chi connectivity index (χ1) is 11.6. The molecule has 0 radical (unpaired) electrons. The Labute approximate surface area is 156 Å². The number of nitrogens with zero attached hydrogens (tertiary/aromatic N) is 3. The van der Waals surface area contributed by atoms with Crippen molar-refractivity contribution in [3.63, 3.8) is 0 Å². The van der Waals surface area contributed by atoms with Gasteiger partial charge in [0.2, 0.25) is 0 Å². The predicted molar refractivity (Wildman–Crippen MR) is 100 cm³/mol. The number of aromatic nitrogens is 3. The standard InChI is InChI=1S/C18H17Cl2N3S/c1-3-23-18(24-16-9-14(19)8-15(20)10-16)17(12(2)22-23)7-13-5-4-6-21-11-13/h4-6,8-11H,3,7H2,1-2H3. The molecular weight excluding hydrogens is 361 g/mol. The van der Waals surface area contributed by atoms with Gasteiger partial charge in [0.25, 0.3) is 0 Å². The van der Waals surface area contributed by atoms with Crippen molar-refractivity contribution in [1.29, 1.82) is 0 Å². The van der Waals surface area contributed by atoms with Gasteiger partial charge in [0.05, 0.1) is 5.69 Å². The highest BCUT2D eigenvalue weighted by Crippen LogP contribution is 2.36. The van der Waals surface area contributed by atoms with Crippen molar-refractivity contribution in [3.05, 3.63) is 69.6 Å². The highest BCUT2D eigenvalue weighted by Gasteiger charge is 2.17. The zero-order valence-corrected chi connectivity index (χ0v) is 15.8. The lowest BCUT2D eigenvalue weighted by Gasteiger charge is -2.09. The number of hydrogen-bond acceptors (Lipinski definition) is 3. The van der Waals surface area contributed by atoms with Crippen molar-refractivity contribution < 1.29 is 0 Å². The van der Waals surface area contributed by atoms with Crippen LogP contribution in [0.4, 0.5) is 0 Å². The van der Waals surface area contributed by atoms with E-state index in [1.807, 2.05) is 36.0 Å². The molecule has 0 amide bonds. The second-order valence-corrected chi connectivity index (χ2v) is 7.37. The van der Waals surface area contributed by atoms with E-state index in [1.165, 1.54) is 11.1 Å². The molecule has 124 valence electrons. The summed E-state index contributed by atoms with van der Waals surface area (Å²) in [5, 5.41) is 7.07. The molecule has 0 spiro atoms. The van der Waals surface area contributed by atoms with E-state index in [0.29, 0.717) is 10.0 Å². The van der Waals surface area contributed by atoms with Gasteiger partial charge in [-0.2, -0.15) is 5.10 Å². The first-order valence-electron chi connectivity index (χ1n) is 7.66. The molecule has 0 saturated carbocycles. The summed E-state index contributed by atoms with van der Waals surface area (Å²) in [6.07, 6.45) is 4.49. The summed E-state index contributed by atoms with van der Waals surface area (Å²) in [6.45, 7) is 4.95. The highest BCUT2D eigenvalue weighted by molar-refractivity contribution is 7.99. The Kier molecular flexibility index (Phi) is 5.49. The molecule has 0 aliphatic carbocycles. The summed E-state index contributed by atoms with van der Waals surface area (Å²) in [4.78, 5) is 5.21. The van der Waals surface area contributed by atoms with Crippen molar-refractivity contribution in [3.8, 4) is 0 Å². The summed E-state index contributed by atoms with van der Waals surface area (Å²) < 4.78 is 2.03. The van der Waals surface area contributed by atoms with Gasteiger partial charge < -0.3 is 0 Å². The maximum absolute atomic E-state index is 6.14. The van der Waals surface area contributed by atoms with Crippen LogP contribution in [-0.2, 0) is 13.0 Å². The molecule has 0 aliphatic heterocycles. The molecule has 0 fully saturated rings. The number of benzene rings is 1. The zero-order valence-electron chi connectivity index (χ0n) is 13.5. The van der Waals surface area contributed by atoms with Crippen molar-refractivity contribution in [1.82, 2.24) is 14.8 Å². The van der Waals surface area contributed by atoms with Crippen LogP contribution in [0.5, 0.6) is 0 Å². The second kappa shape index (κ2) is 7.60. The van der Waals surface area contributed by atoms with Crippen molar-refractivity contribution in [2.75, 3.05) is 0 Å². The van der Waals surface area contributed by atoms with Gasteiger partial charge in [-0.15, -0.1) is 0 Å². The van der Waals surface area contributed by atoms with Crippen LogP contribution in [0, 0.1) is 6.92 Å². The molecule has 2 heterocycles. The Balaban J connectivity index is 1.99. The van der Waals surface area contributed by atoms with Crippen molar-refractivity contribution in [2.24, 2.45) is 0 Å². The van der Waals surface area contributed by atoms with Crippen LogP contribution >= 0.6 is 35.0 Å². The van der Waals surface area contributed by atoms with E-state index in [0.717, 1.165) is 28.6 Å². The molecule has 24 heavy (non-hydrogen) atoms. The number of halogens is 2. The molecule has 3 nitrogen and oxygen atoms in total. The molecule has 0 unspecified atom stereocenters. The SMILES string of the molecule is CCn1nc(C)c(Cc2cccnc2)c1Sc1cc(Cl)cc(Cl)c1. The average Bonchev–Trinajstić information content (AvgIpc) is 2.83. The third-order valence-corrected chi connectivity index (χ3v) is 5.21. The number of pyridine rings is 1. The predicted octanol–water partition coefficient (Wildman–Crippen LogP) is 5.66. The highest BCUT2D eigenvalue weighted by atomic mass is 35.5. The molecule has 0 atom stereocenters. The fourth-order valence-electron chi connectivity index (χ4n) is 2.54. The van der Waals surface area contributed by atoms with E-state index in [-0.39, 0.29) is 0 Å². The van der Waals surface area contributed by atoms with Gasteiger partial charge in [-0.05, 0) is 43.7 Å². The van der Waals surface area contributed by atoms with E-state index in [2.05, 4.69) is 23.1 Å². The van der Waals surface area contributed by atoms with Crippen LogP contribution in [0.1, 0.15) is 23.7 Å². The largest absolute Gasteiger partial charge is 0.264 e. The lowest BCUT2D eigenvalue weighted by molar-refractivity contribution is 0.599. The minimum absolute atomic E-state index is 0.637. The van der Waals surface area contributed by atoms with Gasteiger partial charge in [-0.1, -0.05) is 41.0 Å². The maximum Gasteiger partial charge on any atom is 0.103 e. The summed E-state index contributed by atoms with van der Waals surface area (Å²) in [5.74, 6) is 0. The molecule has 3 aromatic rings. The van der Waals surface area contributed by atoms with E-state index in [1.54, 1.807) is 24.0 Å². The summed E-state index contributed by atoms with van der Waals surface area (Å²) in [6, 6.07) is 9.63. The van der Waals surface area contributed by atoms with Crippen LogP contribution in [0.15, 0.2) is 52.6 Å². The fourth-order valence-corrected chi connectivity index (χ4v) is 4.40. The maximum atomic E-state index is 6.14. The molecule has 1 aromatic carbocycles. The second-order valence-electron chi connectivity index (χ2n) is 5.43. The van der Waals surface area contributed by atoms with E-state index >= 15 is 0 Å². The van der Waals surface area contributed by atoms with Crippen LogP contribution in [0.3, 0.4) is 0 Å². The smallest absolute Gasteiger partial charge is 0.103 e. The normalized spacial score (nSPS) is 11.0. The molecule has 0 aliphatic rings.